The van der Waals surface area contributed by atoms with Gasteiger partial charge in [0, 0.05) is 24.8 Å². The predicted octanol–water partition coefficient (Wildman–Crippen LogP) is 1.84. The first-order chi connectivity index (χ1) is 8.47. The highest BCUT2D eigenvalue weighted by Gasteiger charge is 2.28. The SMILES string of the molecule is Cc1ccc(C(N)=S)c(N(C)CC2CC(O)C2)c1. The van der Waals surface area contributed by atoms with Crippen molar-refractivity contribution in [3.63, 3.8) is 0 Å². The number of aliphatic hydroxyl groups excluding tert-OH is 1. The van der Waals surface area contributed by atoms with Crippen LogP contribution in [0.25, 0.3) is 0 Å². The van der Waals surface area contributed by atoms with Gasteiger partial charge in [-0.05, 0) is 43.4 Å². The van der Waals surface area contributed by atoms with Crippen LogP contribution in [0, 0.1) is 12.8 Å². The van der Waals surface area contributed by atoms with Crippen LogP contribution in [-0.4, -0.2) is 29.8 Å². The van der Waals surface area contributed by atoms with Crippen molar-refractivity contribution in [2.24, 2.45) is 11.7 Å². The van der Waals surface area contributed by atoms with E-state index in [9.17, 15) is 5.11 Å². The lowest BCUT2D eigenvalue weighted by Gasteiger charge is -2.35. The van der Waals surface area contributed by atoms with Crippen molar-refractivity contribution in [3.8, 4) is 0 Å². The maximum Gasteiger partial charge on any atom is 0.106 e. The molecule has 0 aliphatic heterocycles. The zero-order valence-corrected chi connectivity index (χ0v) is 11.7. The normalized spacial score (nSPS) is 22.4. The summed E-state index contributed by atoms with van der Waals surface area (Å²) in [6, 6.07) is 6.13. The van der Waals surface area contributed by atoms with Gasteiger partial charge >= 0.3 is 0 Å². The molecule has 1 fully saturated rings. The van der Waals surface area contributed by atoms with Crippen molar-refractivity contribution in [2.75, 3.05) is 18.5 Å². The Kier molecular flexibility index (Phi) is 3.88. The highest BCUT2D eigenvalue weighted by Crippen LogP contribution is 2.30. The van der Waals surface area contributed by atoms with Gasteiger partial charge < -0.3 is 15.7 Å². The Balaban J connectivity index is 2.15. The fourth-order valence-corrected chi connectivity index (χ4v) is 2.67. The van der Waals surface area contributed by atoms with E-state index in [0.717, 1.165) is 30.6 Å². The fraction of sp³-hybridized carbons (Fsp3) is 0.500. The van der Waals surface area contributed by atoms with Gasteiger partial charge in [0.1, 0.15) is 4.99 Å². The maximum atomic E-state index is 9.33. The number of rotatable bonds is 4. The van der Waals surface area contributed by atoms with Gasteiger partial charge in [-0.3, -0.25) is 0 Å². The number of thiocarbonyl (C=S) groups is 1. The molecule has 1 saturated carbocycles. The first-order valence-corrected chi connectivity index (χ1v) is 6.68. The lowest BCUT2D eigenvalue weighted by Crippen LogP contribution is -2.37. The average Bonchev–Trinajstić information content (AvgIpc) is 2.26. The smallest absolute Gasteiger partial charge is 0.106 e. The minimum Gasteiger partial charge on any atom is -0.393 e. The van der Waals surface area contributed by atoms with E-state index in [-0.39, 0.29) is 6.10 Å². The number of aliphatic hydroxyl groups is 1. The quantitative estimate of drug-likeness (QED) is 0.815. The number of hydrogen-bond donors (Lipinski definition) is 2. The second-order valence-electron chi connectivity index (χ2n) is 5.26. The summed E-state index contributed by atoms with van der Waals surface area (Å²) in [4.78, 5) is 2.63. The number of nitrogens with two attached hydrogens (primary N) is 1. The summed E-state index contributed by atoms with van der Waals surface area (Å²) in [6.07, 6.45) is 1.70. The summed E-state index contributed by atoms with van der Waals surface area (Å²) in [5.41, 5.74) is 8.98. The molecule has 18 heavy (non-hydrogen) atoms. The summed E-state index contributed by atoms with van der Waals surface area (Å²) in [6.45, 7) is 3.00. The third-order valence-corrected chi connectivity index (χ3v) is 3.79. The first kappa shape index (κ1) is 13.3. The Hall–Kier alpha value is -1.13. The predicted molar refractivity (Wildman–Crippen MR) is 79.1 cm³/mol. The number of hydrogen-bond acceptors (Lipinski definition) is 3. The fourth-order valence-electron chi connectivity index (χ4n) is 2.50. The Morgan fingerprint density at radius 3 is 2.72 bits per heavy atom. The van der Waals surface area contributed by atoms with Crippen LogP contribution in [-0.2, 0) is 0 Å². The van der Waals surface area contributed by atoms with Crippen LogP contribution < -0.4 is 10.6 Å². The van der Waals surface area contributed by atoms with E-state index in [2.05, 4.69) is 24.9 Å². The molecule has 0 bridgehead atoms. The van der Waals surface area contributed by atoms with E-state index in [1.54, 1.807) is 0 Å². The molecular formula is C14H20N2OS. The average molecular weight is 264 g/mol. The molecule has 0 aromatic heterocycles. The van der Waals surface area contributed by atoms with Gasteiger partial charge in [0.15, 0.2) is 0 Å². The van der Waals surface area contributed by atoms with Crippen LogP contribution in [0.2, 0.25) is 0 Å². The van der Waals surface area contributed by atoms with Gasteiger partial charge in [-0.1, -0.05) is 18.3 Å². The first-order valence-electron chi connectivity index (χ1n) is 6.27. The lowest BCUT2D eigenvalue weighted by molar-refractivity contribution is 0.0465. The zero-order valence-electron chi connectivity index (χ0n) is 10.9. The van der Waals surface area contributed by atoms with Crippen molar-refractivity contribution < 1.29 is 5.11 Å². The summed E-state index contributed by atoms with van der Waals surface area (Å²) in [5.74, 6) is 0.574. The highest BCUT2D eigenvalue weighted by molar-refractivity contribution is 7.80. The number of aryl methyl sites for hydroxylation is 1. The number of anilines is 1. The molecule has 0 unspecified atom stereocenters. The third kappa shape index (κ3) is 2.82. The van der Waals surface area contributed by atoms with E-state index in [1.165, 1.54) is 5.56 Å². The molecule has 3 nitrogen and oxygen atoms in total. The van der Waals surface area contributed by atoms with Crippen LogP contribution in [0.3, 0.4) is 0 Å². The van der Waals surface area contributed by atoms with E-state index in [0.29, 0.717) is 10.9 Å². The van der Waals surface area contributed by atoms with Crippen LogP contribution in [0.1, 0.15) is 24.0 Å². The maximum absolute atomic E-state index is 9.33. The van der Waals surface area contributed by atoms with Gasteiger partial charge in [-0.25, -0.2) is 0 Å². The number of benzene rings is 1. The molecule has 2 rings (SSSR count). The molecule has 3 N–H and O–H groups in total. The van der Waals surface area contributed by atoms with Crippen LogP contribution >= 0.6 is 12.2 Å². The lowest BCUT2D eigenvalue weighted by atomic mass is 9.82. The van der Waals surface area contributed by atoms with Gasteiger partial charge in [0.2, 0.25) is 0 Å². The van der Waals surface area contributed by atoms with Gasteiger partial charge in [-0.15, -0.1) is 0 Å². The molecule has 0 heterocycles. The van der Waals surface area contributed by atoms with Crippen molar-refractivity contribution in [1.82, 2.24) is 0 Å². The monoisotopic (exact) mass is 264 g/mol. The van der Waals surface area contributed by atoms with Crippen LogP contribution in [0.15, 0.2) is 18.2 Å². The molecule has 1 aromatic rings. The van der Waals surface area contributed by atoms with Crippen molar-refractivity contribution in [3.05, 3.63) is 29.3 Å². The van der Waals surface area contributed by atoms with E-state index >= 15 is 0 Å². The summed E-state index contributed by atoms with van der Waals surface area (Å²) >= 11 is 5.10. The summed E-state index contributed by atoms with van der Waals surface area (Å²) < 4.78 is 0. The molecule has 0 saturated heterocycles. The number of nitrogens with zero attached hydrogens (tertiary/aromatic N) is 1. The van der Waals surface area contributed by atoms with Crippen LogP contribution in [0.4, 0.5) is 5.69 Å². The van der Waals surface area contributed by atoms with E-state index in [4.69, 9.17) is 18.0 Å². The topological polar surface area (TPSA) is 49.5 Å². The van der Waals surface area contributed by atoms with E-state index < -0.39 is 0 Å². The third-order valence-electron chi connectivity index (χ3n) is 3.57. The molecule has 0 atom stereocenters. The van der Waals surface area contributed by atoms with Gasteiger partial charge in [0.25, 0.3) is 0 Å². The molecule has 1 aliphatic carbocycles. The largest absolute Gasteiger partial charge is 0.393 e. The molecule has 4 heteroatoms. The van der Waals surface area contributed by atoms with Crippen molar-refractivity contribution in [1.29, 1.82) is 0 Å². The minimum absolute atomic E-state index is 0.101. The Morgan fingerprint density at radius 2 is 2.17 bits per heavy atom. The highest BCUT2D eigenvalue weighted by atomic mass is 32.1. The van der Waals surface area contributed by atoms with E-state index in [1.807, 2.05) is 12.1 Å². The summed E-state index contributed by atoms with van der Waals surface area (Å²) in [5, 5.41) is 9.33. The molecule has 0 amide bonds. The second-order valence-corrected chi connectivity index (χ2v) is 5.70. The molecule has 1 aromatic carbocycles. The minimum atomic E-state index is -0.101. The molecule has 98 valence electrons. The molecular weight excluding hydrogens is 244 g/mol. The van der Waals surface area contributed by atoms with Crippen molar-refractivity contribution in [2.45, 2.75) is 25.9 Å². The Morgan fingerprint density at radius 1 is 1.50 bits per heavy atom. The Bertz CT molecular complexity index is 455. The Labute approximate surface area is 114 Å². The summed E-state index contributed by atoms with van der Waals surface area (Å²) in [7, 11) is 2.06. The molecule has 0 spiro atoms. The zero-order chi connectivity index (χ0) is 13.3. The molecule has 1 aliphatic rings. The second kappa shape index (κ2) is 5.24. The molecule has 0 radical (unpaired) electrons. The van der Waals surface area contributed by atoms with Crippen LogP contribution in [0.5, 0.6) is 0 Å². The van der Waals surface area contributed by atoms with Crippen molar-refractivity contribution >= 4 is 22.9 Å². The van der Waals surface area contributed by atoms with Gasteiger partial charge in [-0.2, -0.15) is 0 Å². The van der Waals surface area contributed by atoms with Gasteiger partial charge in [0.05, 0.1) is 6.10 Å². The standard InChI is InChI=1S/C14H20N2OS/c1-9-3-4-12(14(15)18)13(5-9)16(2)8-10-6-11(17)7-10/h3-5,10-11,17H,6-8H2,1-2H3,(H2,15,18).